The number of fused-ring (bicyclic) bond motifs is 1. The maximum Gasteiger partial charge on any atom is 0.337 e. The molecule has 0 radical (unpaired) electrons. The molecule has 1 aromatic heterocycles. The van der Waals surface area contributed by atoms with Crippen molar-refractivity contribution in [2.75, 3.05) is 41.3 Å². The molecule has 2 N–H and O–H groups in total. The standard InChI is InChI=1S/C29H35N3O4/c1-19(30-24-9-5-4-8-21(24)28(34)35)22-16-20(31-12-6-7-13-31)17-23-25(33)18-26(36-27(22)23)32-14-10-29(2,3)11-15-32/h4-5,8-9,16-19,30H,6-7,10-15H2,1-3H3,(H,34,35)/t19-/m1/s1. The van der Waals surface area contributed by atoms with Gasteiger partial charge in [-0.15, -0.1) is 0 Å². The lowest BCUT2D eigenvalue weighted by atomic mass is 9.83. The van der Waals surface area contributed by atoms with Gasteiger partial charge in [-0.05, 0) is 62.3 Å². The van der Waals surface area contributed by atoms with Crippen LogP contribution in [0.25, 0.3) is 11.0 Å². The molecule has 36 heavy (non-hydrogen) atoms. The molecule has 0 amide bonds. The average molecular weight is 490 g/mol. The summed E-state index contributed by atoms with van der Waals surface area (Å²) in [5.41, 5.74) is 3.42. The molecule has 7 nitrogen and oxygen atoms in total. The smallest absolute Gasteiger partial charge is 0.337 e. The Balaban J connectivity index is 1.59. The molecule has 0 bridgehead atoms. The molecule has 2 fully saturated rings. The van der Waals surface area contributed by atoms with E-state index in [2.05, 4.69) is 35.0 Å². The topological polar surface area (TPSA) is 86.0 Å². The quantitative estimate of drug-likeness (QED) is 0.446. The van der Waals surface area contributed by atoms with Crippen LogP contribution in [0.1, 0.15) is 68.4 Å². The second-order valence-corrected chi connectivity index (χ2v) is 10.9. The number of nitrogens with zero attached hydrogens (tertiary/aromatic N) is 2. The molecule has 2 saturated heterocycles. The molecule has 190 valence electrons. The zero-order valence-corrected chi connectivity index (χ0v) is 21.3. The largest absolute Gasteiger partial charge is 0.478 e. The highest BCUT2D eigenvalue weighted by Gasteiger charge is 2.28. The third-order valence-electron chi connectivity index (χ3n) is 7.72. The Kier molecular flexibility index (Phi) is 6.41. The summed E-state index contributed by atoms with van der Waals surface area (Å²) in [6.07, 6.45) is 4.34. The number of benzene rings is 2. The van der Waals surface area contributed by atoms with Crippen molar-refractivity contribution in [2.24, 2.45) is 5.41 Å². The number of carboxylic acid groups (broad SMARTS) is 1. The Morgan fingerprint density at radius 1 is 1.03 bits per heavy atom. The van der Waals surface area contributed by atoms with E-state index in [1.54, 1.807) is 24.3 Å². The van der Waals surface area contributed by atoms with Crippen molar-refractivity contribution in [1.29, 1.82) is 0 Å². The molecular formula is C29H35N3O4. The average Bonchev–Trinajstić information content (AvgIpc) is 3.39. The molecule has 1 atom stereocenters. The minimum Gasteiger partial charge on any atom is -0.478 e. The fourth-order valence-electron chi connectivity index (χ4n) is 5.33. The van der Waals surface area contributed by atoms with Crippen LogP contribution >= 0.6 is 0 Å². The summed E-state index contributed by atoms with van der Waals surface area (Å²) in [6.45, 7) is 10.2. The first-order valence-corrected chi connectivity index (χ1v) is 12.9. The first-order chi connectivity index (χ1) is 17.2. The molecule has 7 heteroatoms. The maximum atomic E-state index is 13.4. The summed E-state index contributed by atoms with van der Waals surface area (Å²) in [5.74, 6) is -0.376. The molecule has 0 aliphatic carbocycles. The van der Waals surface area contributed by atoms with E-state index in [0.29, 0.717) is 28.0 Å². The summed E-state index contributed by atoms with van der Waals surface area (Å²) in [5, 5.41) is 13.6. The number of aromatic carboxylic acids is 1. The maximum absolute atomic E-state index is 13.4. The van der Waals surface area contributed by atoms with Gasteiger partial charge in [-0.1, -0.05) is 26.0 Å². The summed E-state index contributed by atoms with van der Waals surface area (Å²) >= 11 is 0. The van der Waals surface area contributed by atoms with Crippen molar-refractivity contribution in [3.05, 3.63) is 63.8 Å². The predicted octanol–water partition coefficient (Wildman–Crippen LogP) is 5.89. The van der Waals surface area contributed by atoms with Crippen molar-refractivity contribution in [1.82, 2.24) is 0 Å². The lowest BCUT2D eigenvalue weighted by molar-refractivity contribution is 0.0698. The van der Waals surface area contributed by atoms with Gasteiger partial charge in [0.1, 0.15) is 5.58 Å². The number of anilines is 3. The van der Waals surface area contributed by atoms with Crippen LogP contribution in [-0.4, -0.2) is 37.3 Å². The molecule has 0 saturated carbocycles. The molecule has 2 aromatic carbocycles. The lowest BCUT2D eigenvalue weighted by Gasteiger charge is -2.37. The Bertz CT molecular complexity index is 1330. The predicted molar refractivity (Wildman–Crippen MR) is 145 cm³/mol. The van der Waals surface area contributed by atoms with Gasteiger partial charge in [-0.3, -0.25) is 4.79 Å². The van der Waals surface area contributed by atoms with Crippen molar-refractivity contribution in [2.45, 2.75) is 52.5 Å². The normalized spacial score (nSPS) is 18.4. The van der Waals surface area contributed by atoms with Gasteiger partial charge < -0.3 is 24.6 Å². The lowest BCUT2D eigenvalue weighted by Crippen LogP contribution is -2.37. The van der Waals surface area contributed by atoms with Gasteiger partial charge in [0.25, 0.3) is 0 Å². The van der Waals surface area contributed by atoms with Crippen LogP contribution in [0.2, 0.25) is 0 Å². The van der Waals surface area contributed by atoms with Gasteiger partial charge >= 0.3 is 5.97 Å². The summed E-state index contributed by atoms with van der Waals surface area (Å²) in [6, 6.07) is 12.3. The van der Waals surface area contributed by atoms with Crippen LogP contribution in [0, 0.1) is 5.41 Å². The highest BCUT2D eigenvalue weighted by Crippen LogP contribution is 2.36. The van der Waals surface area contributed by atoms with Crippen molar-refractivity contribution < 1.29 is 14.3 Å². The fraction of sp³-hybridized carbons (Fsp3) is 0.448. The number of carboxylic acids is 1. The first kappa shape index (κ1) is 24.2. The first-order valence-electron chi connectivity index (χ1n) is 12.9. The highest BCUT2D eigenvalue weighted by atomic mass is 16.4. The van der Waals surface area contributed by atoms with E-state index >= 15 is 0 Å². The van der Waals surface area contributed by atoms with Crippen molar-refractivity contribution >= 4 is 34.2 Å². The minimum absolute atomic E-state index is 0.0449. The van der Waals surface area contributed by atoms with Gasteiger partial charge in [-0.2, -0.15) is 0 Å². The zero-order chi connectivity index (χ0) is 25.4. The third kappa shape index (κ3) is 4.79. The minimum atomic E-state index is -0.984. The molecule has 5 rings (SSSR count). The Labute approximate surface area is 211 Å². The van der Waals surface area contributed by atoms with Gasteiger partial charge in [0.05, 0.1) is 17.0 Å². The number of rotatable bonds is 6. The third-order valence-corrected chi connectivity index (χ3v) is 7.72. The fourth-order valence-corrected chi connectivity index (χ4v) is 5.33. The van der Waals surface area contributed by atoms with Crippen LogP contribution in [-0.2, 0) is 0 Å². The molecule has 0 spiro atoms. The number of piperidine rings is 1. The summed E-state index contributed by atoms with van der Waals surface area (Å²) in [4.78, 5) is 29.7. The second-order valence-electron chi connectivity index (χ2n) is 10.9. The number of hydrogen-bond acceptors (Lipinski definition) is 6. The summed E-state index contributed by atoms with van der Waals surface area (Å²) < 4.78 is 6.49. The van der Waals surface area contributed by atoms with Gasteiger partial charge in [0.15, 0.2) is 11.3 Å². The number of carbonyl (C=O) groups is 1. The summed E-state index contributed by atoms with van der Waals surface area (Å²) in [7, 11) is 0. The molecule has 3 aromatic rings. The van der Waals surface area contributed by atoms with Crippen LogP contribution in [0.4, 0.5) is 17.3 Å². The van der Waals surface area contributed by atoms with E-state index in [1.807, 2.05) is 19.1 Å². The molecule has 2 aliphatic rings. The number of hydrogen-bond donors (Lipinski definition) is 2. The van der Waals surface area contributed by atoms with Gasteiger partial charge in [0, 0.05) is 49.2 Å². The number of nitrogens with one attached hydrogen (secondary N) is 1. The molecule has 0 unspecified atom stereocenters. The van der Waals surface area contributed by atoms with E-state index in [0.717, 1.165) is 63.1 Å². The SMILES string of the molecule is C[C@@H](Nc1ccccc1C(=O)O)c1cc(N2CCCC2)cc2c(=O)cc(N3CCC(C)(C)CC3)oc12. The molecular weight excluding hydrogens is 454 g/mol. The van der Waals surface area contributed by atoms with E-state index < -0.39 is 5.97 Å². The van der Waals surface area contributed by atoms with Gasteiger partial charge in [0.2, 0.25) is 0 Å². The Morgan fingerprint density at radius 2 is 1.72 bits per heavy atom. The van der Waals surface area contributed by atoms with E-state index in [-0.39, 0.29) is 17.0 Å². The van der Waals surface area contributed by atoms with Crippen LogP contribution in [0.5, 0.6) is 0 Å². The Morgan fingerprint density at radius 3 is 2.42 bits per heavy atom. The second kappa shape index (κ2) is 9.52. The van der Waals surface area contributed by atoms with Crippen LogP contribution in [0.3, 0.4) is 0 Å². The van der Waals surface area contributed by atoms with E-state index in [9.17, 15) is 14.7 Å². The van der Waals surface area contributed by atoms with Gasteiger partial charge in [-0.25, -0.2) is 4.79 Å². The highest BCUT2D eigenvalue weighted by molar-refractivity contribution is 5.94. The molecule has 3 heterocycles. The zero-order valence-electron chi connectivity index (χ0n) is 21.3. The number of para-hydroxylation sites is 1. The monoisotopic (exact) mass is 489 g/mol. The van der Waals surface area contributed by atoms with E-state index in [1.165, 1.54) is 0 Å². The van der Waals surface area contributed by atoms with E-state index in [4.69, 9.17) is 4.42 Å². The van der Waals surface area contributed by atoms with Crippen LogP contribution < -0.4 is 20.5 Å². The Hall–Kier alpha value is -3.48. The van der Waals surface area contributed by atoms with Crippen molar-refractivity contribution in [3.63, 3.8) is 0 Å². The molecule has 2 aliphatic heterocycles. The van der Waals surface area contributed by atoms with Crippen molar-refractivity contribution in [3.8, 4) is 0 Å². The van der Waals surface area contributed by atoms with Crippen LogP contribution in [0.15, 0.2) is 51.7 Å².